The second kappa shape index (κ2) is 15.4. The standard InChI is InChI=1S/C18H32ClN5O.HI/c1-5-20-18(21-11-9-15-7-8-17(19)22-13-15)23-14-16(25-6-2)10-12-24(3)4;/h7-8,13,16H,5-6,9-12,14H2,1-4H3,(H2,20,21,23);1H. The highest BCUT2D eigenvalue weighted by Crippen LogP contribution is 2.05. The van der Waals surface area contributed by atoms with Crippen LogP contribution in [0.5, 0.6) is 0 Å². The first-order chi connectivity index (χ1) is 12.0. The smallest absolute Gasteiger partial charge is 0.191 e. The van der Waals surface area contributed by atoms with Crippen molar-refractivity contribution in [2.24, 2.45) is 4.99 Å². The van der Waals surface area contributed by atoms with Crippen LogP contribution in [0.2, 0.25) is 5.15 Å². The van der Waals surface area contributed by atoms with Crippen molar-refractivity contribution in [3.8, 4) is 0 Å². The fourth-order valence-electron chi connectivity index (χ4n) is 2.28. The fourth-order valence-corrected chi connectivity index (χ4v) is 2.39. The lowest BCUT2D eigenvalue weighted by Crippen LogP contribution is -2.39. The van der Waals surface area contributed by atoms with Crippen molar-refractivity contribution in [2.45, 2.75) is 32.8 Å². The molecule has 0 bridgehead atoms. The molecular formula is C18H33ClIN5O. The van der Waals surface area contributed by atoms with Gasteiger partial charge >= 0.3 is 0 Å². The normalized spacial score (nSPS) is 12.6. The van der Waals surface area contributed by atoms with E-state index in [-0.39, 0.29) is 30.1 Å². The van der Waals surface area contributed by atoms with E-state index in [2.05, 4.69) is 46.5 Å². The molecule has 26 heavy (non-hydrogen) atoms. The summed E-state index contributed by atoms with van der Waals surface area (Å²) in [6.07, 6.45) is 3.79. The number of hydrogen-bond donors (Lipinski definition) is 2. The molecule has 1 aromatic heterocycles. The predicted molar refractivity (Wildman–Crippen MR) is 121 cm³/mol. The maximum absolute atomic E-state index is 5.81. The third-order valence-corrected chi connectivity index (χ3v) is 3.82. The number of nitrogens with one attached hydrogen (secondary N) is 2. The zero-order valence-corrected chi connectivity index (χ0v) is 19.4. The van der Waals surface area contributed by atoms with Gasteiger partial charge in [0.05, 0.1) is 12.6 Å². The lowest BCUT2D eigenvalue weighted by molar-refractivity contribution is 0.0582. The molecule has 0 aromatic carbocycles. The van der Waals surface area contributed by atoms with Crippen molar-refractivity contribution in [2.75, 3.05) is 46.9 Å². The summed E-state index contributed by atoms with van der Waals surface area (Å²) in [5.74, 6) is 0.818. The van der Waals surface area contributed by atoms with Gasteiger partial charge in [0.15, 0.2) is 5.96 Å². The molecule has 1 heterocycles. The van der Waals surface area contributed by atoms with Gasteiger partial charge in [-0.25, -0.2) is 4.98 Å². The molecule has 6 nitrogen and oxygen atoms in total. The maximum atomic E-state index is 5.81. The SMILES string of the molecule is CCNC(=NCC(CCN(C)C)OCC)NCCc1ccc(Cl)nc1.I. The Morgan fingerprint density at radius 2 is 2.08 bits per heavy atom. The number of nitrogens with zero attached hydrogens (tertiary/aromatic N) is 3. The summed E-state index contributed by atoms with van der Waals surface area (Å²) in [6.45, 7) is 8.05. The number of halogens is 2. The fraction of sp³-hybridized carbons (Fsp3) is 0.667. The molecule has 0 aliphatic carbocycles. The Kier molecular flexibility index (Phi) is 15.0. The molecule has 0 spiro atoms. The Balaban J connectivity index is 0.00000625. The molecule has 0 radical (unpaired) electrons. The molecule has 8 heteroatoms. The molecule has 0 aliphatic heterocycles. The van der Waals surface area contributed by atoms with Crippen molar-refractivity contribution < 1.29 is 4.74 Å². The number of hydrogen-bond acceptors (Lipinski definition) is 4. The van der Waals surface area contributed by atoms with Crippen LogP contribution < -0.4 is 10.6 Å². The van der Waals surface area contributed by atoms with E-state index in [4.69, 9.17) is 16.3 Å². The molecule has 0 fully saturated rings. The van der Waals surface area contributed by atoms with E-state index in [9.17, 15) is 0 Å². The van der Waals surface area contributed by atoms with Crippen LogP contribution in [0, 0.1) is 0 Å². The van der Waals surface area contributed by atoms with E-state index in [0.29, 0.717) is 18.3 Å². The minimum absolute atomic E-state index is 0. The van der Waals surface area contributed by atoms with E-state index in [1.807, 2.05) is 19.1 Å². The van der Waals surface area contributed by atoms with E-state index in [1.54, 1.807) is 6.20 Å². The number of pyridine rings is 1. The van der Waals surface area contributed by atoms with Crippen LogP contribution in [0.1, 0.15) is 25.8 Å². The lowest BCUT2D eigenvalue weighted by Gasteiger charge is -2.18. The minimum Gasteiger partial charge on any atom is -0.377 e. The molecule has 0 aliphatic rings. The molecule has 1 atom stereocenters. The average Bonchev–Trinajstić information content (AvgIpc) is 2.58. The molecule has 0 amide bonds. The second-order valence-electron chi connectivity index (χ2n) is 6.05. The summed E-state index contributed by atoms with van der Waals surface area (Å²) in [7, 11) is 4.15. The van der Waals surface area contributed by atoms with Crippen molar-refractivity contribution in [1.82, 2.24) is 20.5 Å². The molecule has 1 unspecified atom stereocenters. The van der Waals surface area contributed by atoms with Crippen LogP contribution in [0.4, 0.5) is 0 Å². The highest BCUT2D eigenvalue weighted by Gasteiger charge is 2.09. The Morgan fingerprint density at radius 1 is 1.31 bits per heavy atom. The van der Waals surface area contributed by atoms with Crippen LogP contribution in [0.25, 0.3) is 0 Å². The van der Waals surface area contributed by atoms with Gasteiger partial charge in [0.25, 0.3) is 0 Å². The van der Waals surface area contributed by atoms with Crippen molar-refractivity contribution in [3.05, 3.63) is 29.0 Å². The molecular weight excluding hydrogens is 465 g/mol. The maximum Gasteiger partial charge on any atom is 0.191 e. The Morgan fingerprint density at radius 3 is 2.65 bits per heavy atom. The van der Waals surface area contributed by atoms with E-state index >= 15 is 0 Å². The second-order valence-corrected chi connectivity index (χ2v) is 6.44. The molecule has 1 rings (SSSR count). The zero-order chi connectivity index (χ0) is 18.5. The van der Waals surface area contributed by atoms with Crippen LogP contribution >= 0.6 is 35.6 Å². The molecule has 1 aromatic rings. The lowest BCUT2D eigenvalue weighted by atomic mass is 10.2. The van der Waals surface area contributed by atoms with Gasteiger partial charge in [0.2, 0.25) is 0 Å². The number of aromatic nitrogens is 1. The van der Waals surface area contributed by atoms with Crippen LogP contribution in [-0.2, 0) is 11.2 Å². The van der Waals surface area contributed by atoms with Crippen LogP contribution in [0.3, 0.4) is 0 Å². The highest BCUT2D eigenvalue weighted by atomic mass is 127. The number of guanidine groups is 1. The number of aliphatic imine (C=N–C) groups is 1. The molecule has 2 N–H and O–H groups in total. The minimum atomic E-state index is 0. The van der Waals surface area contributed by atoms with Crippen molar-refractivity contribution >= 4 is 41.5 Å². The van der Waals surface area contributed by atoms with Crippen molar-refractivity contribution in [3.63, 3.8) is 0 Å². The number of ether oxygens (including phenoxy) is 1. The molecule has 0 saturated carbocycles. The monoisotopic (exact) mass is 497 g/mol. The quantitative estimate of drug-likeness (QED) is 0.213. The highest BCUT2D eigenvalue weighted by molar-refractivity contribution is 14.0. The average molecular weight is 498 g/mol. The van der Waals surface area contributed by atoms with Gasteiger partial charge in [0, 0.05) is 32.4 Å². The van der Waals surface area contributed by atoms with Gasteiger partial charge in [0.1, 0.15) is 5.15 Å². The van der Waals surface area contributed by atoms with Gasteiger partial charge in [-0.2, -0.15) is 0 Å². The topological polar surface area (TPSA) is 61.8 Å². The summed E-state index contributed by atoms with van der Waals surface area (Å²) in [6, 6.07) is 3.81. The zero-order valence-electron chi connectivity index (χ0n) is 16.3. The van der Waals surface area contributed by atoms with Crippen molar-refractivity contribution in [1.29, 1.82) is 0 Å². The Bertz CT molecular complexity index is 499. The van der Waals surface area contributed by atoms with Gasteiger partial charge < -0.3 is 20.3 Å². The van der Waals surface area contributed by atoms with Gasteiger partial charge in [-0.3, -0.25) is 4.99 Å². The summed E-state index contributed by atoms with van der Waals surface area (Å²) in [5.41, 5.74) is 1.14. The Hall–Kier alpha value is -0.640. The van der Waals surface area contributed by atoms with Crippen LogP contribution in [-0.4, -0.2) is 68.8 Å². The van der Waals surface area contributed by atoms with Gasteiger partial charge in [-0.15, -0.1) is 24.0 Å². The first kappa shape index (κ1) is 25.4. The predicted octanol–water partition coefficient (Wildman–Crippen LogP) is 2.81. The largest absolute Gasteiger partial charge is 0.377 e. The third kappa shape index (κ3) is 11.9. The van der Waals surface area contributed by atoms with Crippen LogP contribution in [0.15, 0.2) is 23.3 Å². The summed E-state index contributed by atoms with van der Waals surface area (Å²) in [4.78, 5) is 10.9. The first-order valence-electron chi connectivity index (χ1n) is 8.94. The third-order valence-electron chi connectivity index (χ3n) is 3.59. The number of rotatable bonds is 11. The van der Waals surface area contributed by atoms with E-state index < -0.39 is 0 Å². The van der Waals surface area contributed by atoms with Gasteiger partial charge in [-0.05, 0) is 52.4 Å². The summed E-state index contributed by atoms with van der Waals surface area (Å²) < 4.78 is 5.80. The van der Waals surface area contributed by atoms with E-state index in [0.717, 1.165) is 44.0 Å². The first-order valence-corrected chi connectivity index (χ1v) is 9.31. The van der Waals surface area contributed by atoms with Gasteiger partial charge in [-0.1, -0.05) is 17.7 Å². The summed E-state index contributed by atoms with van der Waals surface area (Å²) >= 11 is 5.81. The van der Waals surface area contributed by atoms with E-state index in [1.165, 1.54) is 0 Å². The summed E-state index contributed by atoms with van der Waals surface area (Å²) in [5, 5.41) is 7.15. The molecule has 150 valence electrons. The molecule has 0 saturated heterocycles. The Labute approximate surface area is 180 Å².